The largest absolute Gasteiger partial charge is 0.442 e. The molecule has 1 radical (unpaired) electrons. The number of carbonyl (C=O) groups excluding carboxylic acids is 1. The Morgan fingerprint density at radius 1 is 1.21 bits per heavy atom. The summed E-state index contributed by atoms with van der Waals surface area (Å²) in [5, 5.41) is 13.9. The molecule has 0 unspecified atom stereocenters. The predicted octanol–water partition coefficient (Wildman–Crippen LogP) is 3.07. The minimum Gasteiger partial charge on any atom is -0.442 e. The number of carbonyl (C=O) groups is 1. The Hall–Kier alpha value is -2.67. The van der Waals surface area contributed by atoms with Gasteiger partial charge < -0.3 is 19.0 Å². The van der Waals surface area contributed by atoms with Gasteiger partial charge in [0, 0.05) is 44.0 Å². The molecule has 1 aliphatic heterocycles. The van der Waals surface area contributed by atoms with Gasteiger partial charge in [0.25, 0.3) is 5.91 Å². The molecule has 0 fully saturated rings. The van der Waals surface area contributed by atoms with Gasteiger partial charge in [0.15, 0.2) is 5.82 Å². The van der Waals surface area contributed by atoms with Gasteiger partial charge in [-0.2, -0.15) is 5.16 Å². The van der Waals surface area contributed by atoms with Crippen LogP contribution in [0.15, 0.2) is 46.3 Å². The van der Waals surface area contributed by atoms with E-state index < -0.39 is 0 Å². The molecule has 1 aliphatic rings. The molecule has 3 aromatic heterocycles. The minimum atomic E-state index is -0.216. The van der Waals surface area contributed by atoms with Gasteiger partial charge in [0.05, 0.1) is 6.04 Å². The van der Waals surface area contributed by atoms with Gasteiger partial charge in [0.2, 0.25) is 0 Å². The number of hydrogen-bond donors (Lipinski definition) is 0. The first-order valence-electron chi connectivity index (χ1n) is 8.80. The van der Waals surface area contributed by atoms with E-state index >= 15 is 0 Å². The molecule has 4 aromatic rings. The summed E-state index contributed by atoms with van der Waals surface area (Å²) >= 11 is 1.68. The van der Waals surface area contributed by atoms with Crippen LogP contribution in [0, 0.1) is 6.33 Å². The number of thiophene rings is 1. The number of nitrogens with zero attached hydrogens (tertiary/aromatic N) is 6. The van der Waals surface area contributed by atoms with Crippen molar-refractivity contribution < 1.29 is 29.7 Å². The molecule has 4 heterocycles. The number of benzene rings is 1. The second-order valence-electron chi connectivity index (χ2n) is 6.46. The van der Waals surface area contributed by atoms with Gasteiger partial charge in [-0.1, -0.05) is 18.2 Å². The summed E-state index contributed by atoms with van der Waals surface area (Å²) in [6.07, 6.45) is 2.39. The standard InChI is InChI=1S/C19H15N6O2S.Re/c1-12-16-22-23-17(18-20-11-21-27-18)25(16)9-8-24(12)19(26)14-6-4-13(5-7-14)15-3-2-10-28-15;/h2-7,10,12H,8-9H2,1H3;/q-1;/t12-;/m1./s1. The van der Waals surface area contributed by atoms with E-state index in [9.17, 15) is 4.79 Å². The molecule has 0 aliphatic carbocycles. The molecule has 0 bridgehead atoms. The van der Waals surface area contributed by atoms with Crippen LogP contribution in [0.4, 0.5) is 0 Å². The van der Waals surface area contributed by atoms with Crippen LogP contribution in [0.5, 0.6) is 0 Å². The summed E-state index contributed by atoms with van der Waals surface area (Å²) in [5.74, 6) is 1.45. The Kier molecular flexibility index (Phi) is 5.41. The fourth-order valence-electron chi connectivity index (χ4n) is 3.45. The Bertz CT molecular complexity index is 1110. The number of fused-ring (bicyclic) bond motifs is 1. The fourth-order valence-corrected chi connectivity index (χ4v) is 4.18. The van der Waals surface area contributed by atoms with Crippen molar-refractivity contribution in [1.29, 1.82) is 0 Å². The van der Waals surface area contributed by atoms with Crippen molar-refractivity contribution in [3.8, 4) is 22.2 Å². The molecular formula is C19H15N6O2ReS-. The first kappa shape index (κ1) is 19.6. The topological polar surface area (TPSA) is 89.9 Å². The molecular weight excluding hydrogens is 563 g/mol. The Balaban J connectivity index is 0.00000205. The molecule has 0 spiro atoms. The van der Waals surface area contributed by atoms with E-state index in [1.807, 2.05) is 52.1 Å². The molecule has 0 saturated heterocycles. The minimum absolute atomic E-state index is 0. The third-order valence-corrected chi connectivity index (χ3v) is 5.82. The molecule has 0 N–H and O–H groups in total. The summed E-state index contributed by atoms with van der Waals surface area (Å²) in [4.78, 5) is 20.0. The van der Waals surface area contributed by atoms with Gasteiger partial charge >= 0.3 is 0 Å². The van der Waals surface area contributed by atoms with E-state index in [-0.39, 0.29) is 38.3 Å². The quantitative estimate of drug-likeness (QED) is 0.348. The molecule has 5 rings (SSSR count). The molecule has 147 valence electrons. The van der Waals surface area contributed by atoms with E-state index in [1.54, 1.807) is 11.3 Å². The summed E-state index contributed by atoms with van der Waals surface area (Å²) in [6, 6.07) is 11.6. The summed E-state index contributed by atoms with van der Waals surface area (Å²) in [7, 11) is 0. The van der Waals surface area contributed by atoms with Crippen molar-refractivity contribution in [2.24, 2.45) is 0 Å². The number of hydrogen-bond acceptors (Lipinski definition) is 7. The zero-order chi connectivity index (χ0) is 19.1. The van der Waals surface area contributed by atoms with Crippen molar-refractivity contribution in [3.63, 3.8) is 0 Å². The van der Waals surface area contributed by atoms with E-state index in [1.165, 1.54) is 4.88 Å². The van der Waals surface area contributed by atoms with Crippen LogP contribution in [0.25, 0.3) is 22.2 Å². The molecule has 1 amide bonds. The zero-order valence-corrected chi connectivity index (χ0v) is 18.9. The van der Waals surface area contributed by atoms with Crippen molar-refractivity contribution in [1.82, 2.24) is 29.8 Å². The smallest absolute Gasteiger partial charge is 0.254 e. The maximum atomic E-state index is 13.1. The molecule has 1 aromatic carbocycles. The Labute approximate surface area is 184 Å². The van der Waals surface area contributed by atoms with Crippen LogP contribution >= 0.6 is 11.3 Å². The van der Waals surface area contributed by atoms with Gasteiger partial charge in [-0.05, 0) is 42.4 Å². The van der Waals surface area contributed by atoms with Crippen molar-refractivity contribution >= 4 is 17.2 Å². The van der Waals surface area contributed by atoms with Crippen molar-refractivity contribution in [3.05, 3.63) is 59.5 Å². The van der Waals surface area contributed by atoms with Crippen LogP contribution < -0.4 is 0 Å². The molecule has 29 heavy (non-hydrogen) atoms. The van der Waals surface area contributed by atoms with Crippen LogP contribution in [-0.4, -0.2) is 42.3 Å². The van der Waals surface area contributed by atoms with E-state index in [2.05, 4.69) is 32.7 Å². The maximum absolute atomic E-state index is 13.1. The van der Waals surface area contributed by atoms with Gasteiger partial charge in [-0.15, -0.1) is 21.5 Å². The maximum Gasteiger partial charge on any atom is 0.254 e. The second kappa shape index (κ2) is 7.99. The van der Waals surface area contributed by atoms with Crippen LogP contribution in [0.3, 0.4) is 0 Å². The third kappa shape index (κ3) is 3.44. The second-order valence-corrected chi connectivity index (χ2v) is 7.41. The van der Waals surface area contributed by atoms with Crippen molar-refractivity contribution in [2.45, 2.75) is 19.5 Å². The van der Waals surface area contributed by atoms with E-state index in [4.69, 9.17) is 4.52 Å². The van der Waals surface area contributed by atoms with Crippen LogP contribution in [0.2, 0.25) is 0 Å². The van der Waals surface area contributed by atoms with E-state index in [0.29, 0.717) is 30.3 Å². The van der Waals surface area contributed by atoms with Gasteiger partial charge in [0.1, 0.15) is 11.7 Å². The third-order valence-electron chi connectivity index (χ3n) is 4.90. The fraction of sp³-hybridized carbons (Fsp3) is 0.211. The number of rotatable bonds is 3. The number of aromatic nitrogens is 5. The van der Waals surface area contributed by atoms with E-state index in [0.717, 1.165) is 5.56 Å². The predicted molar refractivity (Wildman–Crippen MR) is 101 cm³/mol. The zero-order valence-electron chi connectivity index (χ0n) is 15.3. The van der Waals surface area contributed by atoms with Crippen LogP contribution in [-0.2, 0) is 27.0 Å². The molecule has 8 nitrogen and oxygen atoms in total. The average Bonchev–Trinajstić information content (AvgIpc) is 3.49. The van der Waals surface area contributed by atoms with Gasteiger partial charge in [-0.25, -0.2) is 0 Å². The normalized spacial score (nSPS) is 15.6. The average molecular weight is 578 g/mol. The summed E-state index contributed by atoms with van der Waals surface area (Å²) in [5.41, 5.74) is 1.77. The SMILES string of the molecule is C[C@@H]1c2nnc(-c3n[c-]no3)n2CCN1C(=O)c1ccc(-c2cccs2)cc1.[Re]. The molecule has 1 atom stereocenters. The first-order valence-corrected chi connectivity index (χ1v) is 9.68. The summed E-state index contributed by atoms with van der Waals surface area (Å²) < 4.78 is 6.96. The summed E-state index contributed by atoms with van der Waals surface area (Å²) in [6.45, 7) is 3.05. The Morgan fingerprint density at radius 3 is 2.72 bits per heavy atom. The number of amides is 1. The molecule has 0 saturated carbocycles. The van der Waals surface area contributed by atoms with Crippen LogP contribution in [0.1, 0.15) is 29.1 Å². The Morgan fingerprint density at radius 2 is 2.03 bits per heavy atom. The van der Waals surface area contributed by atoms with Gasteiger partial charge in [-0.3, -0.25) is 4.79 Å². The first-order chi connectivity index (χ1) is 13.7. The van der Waals surface area contributed by atoms with Crippen molar-refractivity contribution in [2.75, 3.05) is 6.54 Å². The molecule has 10 heteroatoms. The monoisotopic (exact) mass is 578 g/mol.